The third-order valence-corrected chi connectivity index (χ3v) is 5.21. The molecule has 108 valence electrons. The molecule has 0 spiro atoms. The average molecular weight is 315 g/mol. The topological polar surface area (TPSA) is 37.8 Å². The molecule has 5 heteroatoms. The molecule has 0 unspecified atom stereocenters. The molecule has 0 amide bonds. The summed E-state index contributed by atoms with van der Waals surface area (Å²) in [7, 11) is 1.90. The zero-order valence-corrected chi connectivity index (χ0v) is 13.5. The highest BCUT2D eigenvalue weighted by Gasteiger charge is 2.05. The summed E-state index contributed by atoms with van der Waals surface area (Å²) in [6, 6.07) is 10.5. The number of anilines is 1. The number of nitrogens with one attached hydrogen (secondary N) is 1. The van der Waals surface area contributed by atoms with Crippen molar-refractivity contribution in [3.63, 3.8) is 0 Å². The normalized spacial score (nSPS) is 10.7. The van der Waals surface area contributed by atoms with Crippen LogP contribution >= 0.6 is 22.7 Å². The summed E-state index contributed by atoms with van der Waals surface area (Å²) < 4.78 is 0. The van der Waals surface area contributed by atoms with Crippen molar-refractivity contribution in [3.8, 4) is 0 Å². The summed E-state index contributed by atoms with van der Waals surface area (Å²) in [4.78, 5) is 10.3. The maximum absolute atomic E-state index is 4.73. The fraction of sp³-hybridized carbons (Fsp3) is 0.250. The van der Waals surface area contributed by atoms with Crippen molar-refractivity contribution in [1.29, 1.82) is 0 Å². The van der Waals surface area contributed by atoms with Gasteiger partial charge in [0.15, 0.2) is 5.13 Å². The lowest BCUT2D eigenvalue weighted by molar-refractivity contribution is 0.939. The largest absolute Gasteiger partial charge is 0.365 e. The van der Waals surface area contributed by atoms with E-state index >= 15 is 0 Å². The van der Waals surface area contributed by atoms with Gasteiger partial charge in [-0.3, -0.25) is 0 Å². The van der Waals surface area contributed by atoms with Crippen molar-refractivity contribution >= 4 is 27.8 Å². The van der Waals surface area contributed by atoms with Crippen molar-refractivity contribution in [2.75, 3.05) is 12.4 Å². The van der Waals surface area contributed by atoms with Crippen LogP contribution in [0, 0.1) is 0 Å². The highest BCUT2D eigenvalue weighted by atomic mass is 32.1. The van der Waals surface area contributed by atoms with Crippen LogP contribution in [0.4, 0.5) is 5.13 Å². The highest BCUT2D eigenvalue weighted by molar-refractivity contribution is 7.15. The molecule has 1 N–H and O–H groups in total. The number of aryl methyl sites for hydroxylation is 2. The Morgan fingerprint density at radius 3 is 2.76 bits per heavy atom. The number of rotatable bonds is 6. The molecule has 0 aliphatic carbocycles. The molecule has 3 nitrogen and oxygen atoms in total. The third kappa shape index (κ3) is 3.89. The number of hydrogen-bond donors (Lipinski definition) is 1. The minimum absolute atomic E-state index is 0.918. The zero-order chi connectivity index (χ0) is 14.5. The smallest absolute Gasteiger partial charge is 0.182 e. The van der Waals surface area contributed by atoms with E-state index in [9.17, 15) is 0 Å². The van der Waals surface area contributed by atoms with Crippen LogP contribution in [0.2, 0.25) is 0 Å². The molecule has 2 aromatic heterocycles. The Bertz CT molecular complexity index is 688. The Hall–Kier alpha value is -1.72. The van der Waals surface area contributed by atoms with Gasteiger partial charge in [0.2, 0.25) is 0 Å². The van der Waals surface area contributed by atoms with Gasteiger partial charge in [-0.05, 0) is 12.0 Å². The molecular formula is C16H17N3S2. The van der Waals surface area contributed by atoms with E-state index in [0.29, 0.717) is 0 Å². The van der Waals surface area contributed by atoms with Crippen molar-refractivity contribution in [3.05, 3.63) is 63.1 Å². The summed E-state index contributed by atoms with van der Waals surface area (Å²) in [6.45, 7) is 0. The van der Waals surface area contributed by atoms with E-state index in [4.69, 9.17) is 4.98 Å². The molecule has 0 atom stereocenters. The summed E-state index contributed by atoms with van der Waals surface area (Å²) in [5, 5.41) is 7.44. The Balaban J connectivity index is 1.57. The maximum atomic E-state index is 4.73. The number of thiazole rings is 2. The molecule has 0 fully saturated rings. The second kappa shape index (κ2) is 6.83. The second-order valence-electron chi connectivity index (χ2n) is 4.78. The lowest BCUT2D eigenvalue weighted by atomic mass is 10.1. The van der Waals surface area contributed by atoms with E-state index in [-0.39, 0.29) is 0 Å². The molecule has 3 rings (SSSR count). The molecule has 0 aliphatic rings. The van der Waals surface area contributed by atoms with Crippen LogP contribution in [0.5, 0.6) is 0 Å². The maximum Gasteiger partial charge on any atom is 0.182 e. The Morgan fingerprint density at radius 1 is 1.14 bits per heavy atom. The highest BCUT2D eigenvalue weighted by Crippen LogP contribution is 2.21. The van der Waals surface area contributed by atoms with Crippen molar-refractivity contribution < 1.29 is 0 Å². The van der Waals surface area contributed by atoms with Crippen LogP contribution in [-0.4, -0.2) is 17.0 Å². The van der Waals surface area contributed by atoms with E-state index in [1.807, 2.05) is 19.3 Å². The summed E-state index contributed by atoms with van der Waals surface area (Å²) in [6.07, 6.45) is 4.87. The lowest BCUT2D eigenvalue weighted by Gasteiger charge is -1.97. The van der Waals surface area contributed by atoms with Crippen molar-refractivity contribution in [2.24, 2.45) is 0 Å². The predicted octanol–water partition coefficient (Wildman–Crippen LogP) is 4.02. The molecular weight excluding hydrogens is 298 g/mol. The van der Waals surface area contributed by atoms with Gasteiger partial charge in [-0.25, -0.2) is 9.97 Å². The van der Waals surface area contributed by atoms with Gasteiger partial charge in [0.1, 0.15) is 0 Å². The first-order valence-electron chi connectivity index (χ1n) is 6.93. The van der Waals surface area contributed by atoms with Gasteiger partial charge in [0.25, 0.3) is 0 Å². The van der Waals surface area contributed by atoms with Gasteiger partial charge in [-0.15, -0.1) is 22.7 Å². The predicted molar refractivity (Wildman–Crippen MR) is 90.4 cm³/mol. The van der Waals surface area contributed by atoms with Crippen LogP contribution in [0.1, 0.15) is 21.1 Å². The van der Waals surface area contributed by atoms with Crippen molar-refractivity contribution in [1.82, 2.24) is 9.97 Å². The molecule has 0 aliphatic heterocycles. The van der Waals surface area contributed by atoms with Crippen LogP contribution < -0.4 is 5.32 Å². The molecule has 0 radical (unpaired) electrons. The van der Waals surface area contributed by atoms with Crippen molar-refractivity contribution in [2.45, 2.75) is 19.3 Å². The quantitative estimate of drug-likeness (QED) is 0.746. The molecule has 0 saturated heterocycles. The molecule has 1 aromatic carbocycles. The molecule has 21 heavy (non-hydrogen) atoms. The number of hydrogen-bond acceptors (Lipinski definition) is 5. The van der Waals surface area contributed by atoms with Gasteiger partial charge < -0.3 is 5.32 Å². The van der Waals surface area contributed by atoms with E-state index in [1.54, 1.807) is 22.7 Å². The SMILES string of the molecule is CNc1ncc(CCc2nc(Cc3ccccc3)cs2)s1. The van der Waals surface area contributed by atoms with E-state index in [0.717, 1.165) is 24.4 Å². The fourth-order valence-corrected chi connectivity index (χ4v) is 3.68. The fourth-order valence-electron chi connectivity index (χ4n) is 2.12. The summed E-state index contributed by atoms with van der Waals surface area (Å²) in [5.41, 5.74) is 2.48. The minimum Gasteiger partial charge on any atom is -0.365 e. The zero-order valence-electron chi connectivity index (χ0n) is 11.9. The summed E-state index contributed by atoms with van der Waals surface area (Å²) in [5.74, 6) is 0. The summed E-state index contributed by atoms with van der Waals surface area (Å²) >= 11 is 3.47. The van der Waals surface area contributed by atoms with Gasteiger partial charge >= 0.3 is 0 Å². The first-order valence-corrected chi connectivity index (χ1v) is 8.63. The molecule has 2 heterocycles. The number of nitrogens with zero attached hydrogens (tertiary/aromatic N) is 2. The Labute approximate surface area is 132 Å². The van der Waals surface area contributed by atoms with Crippen LogP contribution in [-0.2, 0) is 19.3 Å². The second-order valence-corrected chi connectivity index (χ2v) is 6.83. The monoisotopic (exact) mass is 315 g/mol. The molecule has 0 bridgehead atoms. The number of aromatic nitrogens is 2. The van der Waals surface area contributed by atoms with Gasteiger partial charge in [-0.2, -0.15) is 0 Å². The Morgan fingerprint density at radius 2 is 2.00 bits per heavy atom. The first kappa shape index (κ1) is 14.2. The van der Waals surface area contributed by atoms with Gasteiger partial charge in [-0.1, -0.05) is 30.3 Å². The van der Waals surface area contributed by atoms with Crippen LogP contribution in [0.25, 0.3) is 0 Å². The standard InChI is InChI=1S/C16H17N3S2/c1-17-16-18-10-14(21-16)7-8-15-19-13(11-20-15)9-12-5-3-2-4-6-12/h2-6,10-11H,7-9H2,1H3,(H,17,18). The average Bonchev–Trinajstić information content (AvgIpc) is 3.15. The first-order chi connectivity index (χ1) is 10.3. The van der Waals surface area contributed by atoms with Crippen LogP contribution in [0.15, 0.2) is 41.9 Å². The molecule has 3 aromatic rings. The van der Waals surface area contributed by atoms with Crippen LogP contribution in [0.3, 0.4) is 0 Å². The Kier molecular flexibility index (Phi) is 4.62. The van der Waals surface area contributed by atoms with E-state index in [2.05, 4.69) is 39.9 Å². The minimum atomic E-state index is 0.918. The number of benzene rings is 1. The lowest BCUT2D eigenvalue weighted by Crippen LogP contribution is -1.91. The third-order valence-electron chi connectivity index (χ3n) is 3.18. The molecule has 0 saturated carbocycles. The van der Waals surface area contributed by atoms with Gasteiger partial charge in [0, 0.05) is 36.3 Å². The van der Waals surface area contributed by atoms with E-state index in [1.165, 1.54) is 21.1 Å². The van der Waals surface area contributed by atoms with Gasteiger partial charge in [0.05, 0.1) is 10.7 Å². The van der Waals surface area contributed by atoms with E-state index < -0.39 is 0 Å².